The first kappa shape index (κ1) is 74.7. The zero-order valence-corrected chi connectivity index (χ0v) is 63.0. The fraction of sp³-hybridized carbons (Fsp3) is 0.220. The topological polar surface area (TPSA) is 441 Å². The second-order valence-electron chi connectivity index (χ2n) is 29.1. The molecule has 0 spiro atoms. The molecule has 4 aliphatic carbocycles. The lowest BCUT2D eigenvalue weighted by atomic mass is 9.75. The van der Waals surface area contributed by atoms with Crippen LogP contribution in [0.1, 0.15) is 155 Å². The summed E-state index contributed by atoms with van der Waals surface area (Å²) in [6.07, 6.45) is 8.02. The van der Waals surface area contributed by atoms with Crippen LogP contribution in [0, 0.1) is 11.8 Å². The van der Waals surface area contributed by atoms with Crippen molar-refractivity contribution < 1.29 is 58.1 Å². The average Bonchev–Trinajstić information content (AvgIpc) is 0.712. The van der Waals surface area contributed by atoms with Crippen molar-refractivity contribution in [2.24, 2.45) is 25.9 Å². The number of nitrogen functional groups attached to an aromatic ring is 2. The van der Waals surface area contributed by atoms with Gasteiger partial charge in [0.25, 0.3) is 41.5 Å². The quantitative estimate of drug-likeness (QED) is 0.0245. The van der Waals surface area contributed by atoms with E-state index in [1.54, 1.807) is 104 Å². The van der Waals surface area contributed by atoms with Gasteiger partial charge in [0.1, 0.15) is 16.5 Å². The van der Waals surface area contributed by atoms with E-state index in [-0.39, 0.29) is 139 Å². The molecule has 28 nitrogen and oxygen atoms in total. The molecule has 0 radical (unpaired) electrons. The highest BCUT2D eigenvalue weighted by atomic mass is 32.2. The Bertz CT molecular complexity index is 6580. The Morgan fingerprint density at radius 3 is 1.47 bits per heavy atom. The van der Waals surface area contributed by atoms with Gasteiger partial charge in [-0.05, 0) is 158 Å². The smallest absolute Gasteiger partial charge is 0.296 e. The summed E-state index contributed by atoms with van der Waals surface area (Å²) < 4.78 is 110. The fourth-order valence-corrected chi connectivity index (χ4v) is 18.6. The number of aryl methyl sites for hydroxylation is 2. The minimum atomic E-state index is -4.94. The Labute approximate surface area is 646 Å². The number of hydrogen-bond donors (Lipinski definition) is 8. The molecule has 16 rings (SSSR count). The molecule has 0 amide bonds. The predicted molar refractivity (Wildman–Crippen MR) is 422 cm³/mol. The second kappa shape index (κ2) is 29.0. The number of nitrogens with one attached hydrogen (secondary N) is 3. The van der Waals surface area contributed by atoms with Crippen LogP contribution in [0.15, 0.2) is 188 Å². The molecule has 2 fully saturated rings. The minimum Gasteiger partial charge on any atom is -0.368 e. The average molecular weight is 1570 g/mol. The fourth-order valence-electron chi connectivity index (χ4n) is 16.7. The number of ketones is 4. The van der Waals surface area contributed by atoms with Gasteiger partial charge in [-0.25, -0.2) is 0 Å². The number of hydrogen-bond acceptors (Lipinski definition) is 23. The standard InChI is InChI=1S/C82H71N13O15S3/c1-94-59-31-25-47(65-69(59)66(53-15-6-8-17-55(53)75(65)98)71(77(94)100)73(96)46-11-4-3-5-12-46)36-44-23-33-61(112(105,106)107)49(37-44)41-64-89-80(84)93-82(91-64)86-51-28-21-43(22-29-51)35-42-19-26-50(27-20-42)85-81-90-63(88-79(83)92-81)39-45-24-34-62(113(108,109)110)58(38-45)87-57-30-32-60-70-67(54-16-7-9-18-56(54)76(99)68(57)70)72(78(101)95(60)2)74(97)48-13-10-14-52(40-48)111(102,103)104/h3-18,23-25,30-34,37-38,40,42-43,50-51,87H,19-22,26-29,35-36,39,41H2,1-2H3,(H,102,103,104)(H,105,106,107)(H,108,109,110)(H3,83,85,88,90,92)(H3,84,86,89,91,93). The predicted octanol–water partition coefficient (Wildman–Crippen LogP) is 11.1. The largest absolute Gasteiger partial charge is 0.368 e. The molecule has 113 heavy (non-hydrogen) atoms. The lowest BCUT2D eigenvalue weighted by Crippen LogP contribution is -2.30. The number of carbonyl (C=O) groups excluding carboxylic acids is 4. The maximum atomic E-state index is 14.8. The van der Waals surface area contributed by atoms with Gasteiger partial charge in [-0.2, -0.15) is 55.2 Å². The summed E-state index contributed by atoms with van der Waals surface area (Å²) in [7, 11) is -11.5. The van der Waals surface area contributed by atoms with E-state index in [4.69, 9.17) is 21.4 Å². The van der Waals surface area contributed by atoms with Crippen molar-refractivity contribution in [1.29, 1.82) is 0 Å². The van der Waals surface area contributed by atoms with Crippen LogP contribution in [-0.4, -0.2) is 113 Å². The Hall–Kier alpha value is -12.4. The maximum absolute atomic E-state index is 14.8. The van der Waals surface area contributed by atoms with E-state index in [0.29, 0.717) is 67.2 Å². The van der Waals surface area contributed by atoms with Crippen molar-refractivity contribution in [3.63, 3.8) is 0 Å². The highest BCUT2D eigenvalue weighted by molar-refractivity contribution is 7.86. The zero-order chi connectivity index (χ0) is 79.3. The highest BCUT2D eigenvalue weighted by Gasteiger charge is 2.38. The van der Waals surface area contributed by atoms with Gasteiger partial charge in [-0.3, -0.25) is 42.4 Å². The molecular formula is C82H71N13O15S3. The summed E-state index contributed by atoms with van der Waals surface area (Å²) in [4.78, 5) is 113. The maximum Gasteiger partial charge on any atom is 0.296 e. The molecule has 4 aromatic heterocycles. The normalized spacial score (nSPS) is 16.7. The molecule has 0 unspecified atom stereocenters. The van der Waals surface area contributed by atoms with Crippen molar-refractivity contribution in [3.05, 3.63) is 263 Å². The molecule has 4 aliphatic rings. The third-order valence-electron chi connectivity index (χ3n) is 22.0. The van der Waals surface area contributed by atoms with Crippen LogP contribution in [0.4, 0.5) is 35.2 Å². The van der Waals surface area contributed by atoms with Gasteiger partial charge < -0.3 is 36.6 Å². The van der Waals surface area contributed by atoms with Gasteiger partial charge in [-0.1, -0.05) is 115 Å². The molecule has 0 saturated heterocycles. The summed E-state index contributed by atoms with van der Waals surface area (Å²) >= 11 is 0. The minimum absolute atomic E-state index is 0.00255. The summed E-state index contributed by atoms with van der Waals surface area (Å²) in [6.45, 7) is 0. The van der Waals surface area contributed by atoms with E-state index in [2.05, 4.69) is 35.9 Å². The molecule has 0 atom stereocenters. The van der Waals surface area contributed by atoms with Gasteiger partial charge in [0, 0.05) is 88.7 Å². The van der Waals surface area contributed by atoms with Crippen molar-refractivity contribution in [3.8, 4) is 22.3 Å². The van der Waals surface area contributed by atoms with E-state index in [9.17, 15) is 67.7 Å². The van der Waals surface area contributed by atoms with Crippen LogP contribution < -0.4 is 38.5 Å². The number of rotatable bonds is 21. The van der Waals surface area contributed by atoms with Crippen LogP contribution in [0.2, 0.25) is 0 Å². The van der Waals surface area contributed by atoms with Gasteiger partial charge >= 0.3 is 0 Å². The zero-order valence-electron chi connectivity index (χ0n) is 60.6. The van der Waals surface area contributed by atoms with Crippen LogP contribution in [0.25, 0.3) is 44.1 Å². The van der Waals surface area contributed by atoms with E-state index in [1.165, 1.54) is 70.8 Å². The number of anilines is 6. The van der Waals surface area contributed by atoms with E-state index in [0.717, 1.165) is 69.9 Å². The highest BCUT2D eigenvalue weighted by Crippen LogP contribution is 2.47. The molecular weight excluding hydrogens is 1500 g/mol. The number of pyridine rings is 2. The summed E-state index contributed by atoms with van der Waals surface area (Å²) in [5, 5.41) is 10.6. The number of nitrogens with two attached hydrogens (primary N) is 2. The number of carbonyl (C=O) groups is 4. The Kier molecular flexibility index (Phi) is 19.2. The molecule has 8 aromatic carbocycles. The van der Waals surface area contributed by atoms with Crippen LogP contribution >= 0.6 is 0 Å². The van der Waals surface area contributed by atoms with Crippen molar-refractivity contribution >= 4 is 110 Å². The Balaban J connectivity index is 0.566. The van der Waals surface area contributed by atoms with Crippen LogP contribution in [0.3, 0.4) is 0 Å². The molecule has 12 aromatic rings. The third-order valence-corrected chi connectivity index (χ3v) is 24.7. The molecule has 4 heterocycles. The first-order chi connectivity index (χ1) is 54.0. The number of nitrogens with zero attached hydrogens (tertiary/aromatic N) is 8. The van der Waals surface area contributed by atoms with Gasteiger partial charge in [0.2, 0.25) is 23.8 Å². The van der Waals surface area contributed by atoms with Gasteiger partial charge in [-0.15, -0.1) is 0 Å². The monoisotopic (exact) mass is 1570 g/mol. The van der Waals surface area contributed by atoms with Crippen LogP contribution in [-0.2, 0) is 63.7 Å². The number of benzene rings is 8. The van der Waals surface area contributed by atoms with E-state index in [1.807, 2.05) is 0 Å². The molecule has 0 bridgehead atoms. The van der Waals surface area contributed by atoms with E-state index >= 15 is 0 Å². The molecule has 10 N–H and O–H groups in total. The SMILES string of the molecule is Cn1c(=O)c(C(=O)c2ccccc2)c2c3c(c(Cc4ccc(S(=O)(=O)O)c(Cc5nc(N)nc(NC6CCC(CC7CCC(Nc8nc(N)nc(Cc9ccc(S(=O)(=O)O)c(Nc%10ccc%11c%12c%10C(=O)c%10ccccc%10-c%12c(C(=O)c%10cccc(S(=O)(=O)O)c%10)c(=O)n%11C)c9)n8)CC7)CC6)n5)c4)ccc31)C(=O)c1ccccc1-2. The van der Waals surface area contributed by atoms with E-state index < -0.39 is 74.2 Å². The molecule has 0 aliphatic heterocycles. The molecule has 2 saturated carbocycles. The lowest BCUT2D eigenvalue weighted by molar-refractivity contribution is 0.102. The van der Waals surface area contributed by atoms with Gasteiger partial charge in [0.15, 0.2) is 23.1 Å². The van der Waals surface area contributed by atoms with Crippen LogP contribution in [0.5, 0.6) is 0 Å². The van der Waals surface area contributed by atoms with Crippen molar-refractivity contribution in [2.75, 3.05) is 27.4 Å². The van der Waals surface area contributed by atoms with Gasteiger partial charge in [0.05, 0.1) is 48.9 Å². The molecule has 31 heteroatoms. The summed E-state index contributed by atoms with van der Waals surface area (Å²) in [5.41, 5.74) is 15.0. The van der Waals surface area contributed by atoms with Crippen molar-refractivity contribution in [1.82, 2.24) is 39.0 Å². The second-order valence-corrected chi connectivity index (χ2v) is 33.3. The Morgan fingerprint density at radius 1 is 0.442 bits per heavy atom. The first-order valence-corrected chi connectivity index (χ1v) is 40.7. The lowest BCUT2D eigenvalue weighted by Gasteiger charge is -2.34. The van der Waals surface area contributed by atoms with Crippen molar-refractivity contribution in [2.45, 2.75) is 104 Å². The summed E-state index contributed by atoms with van der Waals surface area (Å²) in [5.74, 6) is -0.645. The summed E-state index contributed by atoms with van der Waals surface area (Å²) in [6, 6.07) is 41.2. The first-order valence-electron chi connectivity index (χ1n) is 36.4. The number of aromatic nitrogens is 8. The molecule has 572 valence electrons. The third kappa shape index (κ3) is 14.3. The Morgan fingerprint density at radius 2 is 0.920 bits per heavy atom. The number of fused-ring (bicyclic) bond motifs is 4.